The molecule has 4 rings (SSSR count). The van der Waals surface area contributed by atoms with E-state index in [1.165, 1.54) is 0 Å². The van der Waals surface area contributed by atoms with Crippen molar-refractivity contribution in [1.82, 2.24) is 19.9 Å². The number of hydrogen-bond donors (Lipinski definition) is 1. The second-order valence-corrected chi connectivity index (χ2v) is 7.94. The Balaban J connectivity index is 1.26. The molecule has 0 radical (unpaired) electrons. The predicted molar refractivity (Wildman–Crippen MR) is 121 cm³/mol. The summed E-state index contributed by atoms with van der Waals surface area (Å²) < 4.78 is 5.48. The fourth-order valence-electron chi connectivity index (χ4n) is 3.89. The molecular weight excluding hydrogens is 390 g/mol. The average Bonchev–Trinajstić information content (AvgIpc) is 3.24. The van der Waals surface area contributed by atoms with Crippen molar-refractivity contribution in [1.29, 1.82) is 0 Å². The Kier molecular flexibility index (Phi) is 6.74. The number of benzene rings is 2. The van der Waals surface area contributed by atoms with Gasteiger partial charge in [-0.2, -0.15) is 4.98 Å². The Morgan fingerprint density at radius 2 is 1.74 bits per heavy atom. The van der Waals surface area contributed by atoms with Gasteiger partial charge in [-0.3, -0.25) is 14.6 Å². The maximum Gasteiger partial charge on any atom is 0.241 e. The molecule has 7 nitrogen and oxygen atoms in total. The van der Waals surface area contributed by atoms with E-state index in [0.717, 1.165) is 55.0 Å². The van der Waals surface area contributed by atoms with E-state index in [1.807, 2.05) is 49.4 Å². The Hall–Kier alpha value is -3.03. The molecule has 3 aromatic rings. The summed E-state index contributed by atoms with van der Waals surface area (Å²) in [7, 11) is 0. The summed E-state index contributed by atoms with van der Waals surface area (Å²) in [5.74, 6) is 1.30. The lowest BCUT2D eigenvalue weighted by Gasteiger charge is -2.33. The van der Waals surface area contributed by atoms with Gasteiger partial charge in [-0.05, 0) is 30.5 Å². The first-order chi connectivity index (χ1) is 15.1. The second-order valence-electron chi connectivity index (χ2n) is 7.94. The SMILES string of the molecule is CCc1ccccc1NC(=O)CN1CCN(Cc2nc(-c3ccccc3C)no2)CC1. The van der Waals surface area contributed by atoms with Gasteiger partial charge in [0.25, 0.3) is 0 Å². The van der Waals surface area contributed by atoms with Crippen molar-refractivity contribution in [2.75, 3.05) is 38.0 Å². The molecule has 2 heterocycles. The van der Waals surface area contributed by atoms with Crippen molar-refractivity contribution < 1.29 is 9.32 Å². The highest BCUT2D eigenvalue weighted by atomic mass is 16.5. The molecule has 1 fully saturated rings. The molecule has 2 aromatic carbocycles. The Labute approximate surface area is 183 Å². The molecule has 1 aliphatic rings. The molecule has 162 valence electrons. The van der Waals surface area contributed by atoms with Gasteiger partial charge in [-0.1, -0.05) is 54.5 Å². The number of carbonyl (C=O) groups is 1. The first-order valence-corrected chi connectivity index (χ1v) is 10.8. The summed E-state index contributed by atoms with van der Waals surface area (Å²) in [5, 5.41) is 7.20. The van der Waals surface area contributed by atoms with Crippen LogP contribution in [0.1, 0.15) is 23.9 Å². The monoisotopic (exact) mass is 419 g/mol. The standard InChI is InChI=1S/C24H29N5O2/c1-3-19-9-5-7-11-21(19)25-22(30)16-28-12-14-29(15-13-28)17-23-26-24(27-31-23)20-10-6-4-8-18(20)2/h4-11H,3,12-17H2,1-2H3,(H,25,30). The zero-order valence-corrected chi connectivity index (χ0v) is 18.2. The number of nitrogens with one attached hydrogen (secondary N) is 1. The first-order valence-electron chi connectivity index (χ1n) is 10.8. The van der Waals surface area contributed by atoms with Crippen molar-refractivity contribution in [3.05, 3.63) is 65.5 Å². The topological polar surface area (TPSA) is 74.5 Å². The van der Waals surface area contributed by atoms with Gasteiger partial charge >= 0.3 is 0 Å². The highest BCUT2D eigenvalue weighted by Crippen LogP contribution is 2.20. The van der Waals surface area contributed by atoms with Crippen LogP contribution >= 0.6 is 0 Å². The summed E-state index contributed by atoms with van der Waals surface area (Å²) in [6.07, 6.45) is 0.899. The lowest BCUT2D eigenvalue weighted by Crippen LogP contribution is -2.48. The van der Waals surface area contributed by atoms with Crippen LogP contribution in [0.4, 0.5) is 5.69 Å². The van der Waals surface area contributed by atoms with E-state index < -0.39 is 0 Å². The third kappa shape index (κ3) is 5.37. The van der Waals surface area contributed by atoms with E-state index in [2.05, 4.69) is 38.2 Å². The smallest absolute Gasteiger partial charge is 0.241 e. The van der Waals surface area contributed by atoms with Crippen molar-refractivity contribution in [2.24, 2.45) is 0 Å². The van der Waals surface area contributed by atoms with Gasteiger partial charge in [-0.15, -0.1) is 0 Å². The molecule has 0 saturated carbocycles. The average molecular weight is 420 g/mol. The summed E-state index contributed by atoms with van der Waals surface area (Å²) in [6, 6.07) is 16.0. The lowest BCUT2D eigenvalue weighted by molar-refractivity contribution is -0.117. The number of piperazine rings is 1. The molecule has 7 heteroatoms. The van der Waals surface area contributed by atoms with Crippen LogP contribution in [0.5, 0.6) is 0 Å². The van der Waals surface area contributed by atoms with E-state index in [4.69, 9.17) is 4.52 Å². The Morgan fingerprint density at radius 1 is 1.03 bits per heavy atom. The van der Waals surface area contributed by atoms with Crippen molar-refractivity contribution in [3.63, 3.8) is 0 Å². The number of anilines is 1. The molecule has 0 aliphatic carbocycles. The van der Waals surface area contributed by atoms with Crippen LogP contribution < -0.4 is 5.32 Å². The molecule has 1 saturated heterocycles. The number of nitrogens with zero attached hydrogens (tertiary/aromatic N) is 4. The van der Waals surface area contributed by atoms with Crippen molar-refractivity contribution in [3.8, 4) is 11.4 Å². The minimum absolute atomic E-state index is 0.0362. The molecule has 0 atom stereocenters. The molecule has 1 aliphatic heterocycles. The van der Waals surface area contributed by atoms with Gasteiger partial charge in [0.05, 0.1) is 13.1 Å². The van der Waals surface area contributed by atoms with Crippen LogP contribution in [-0.4, -0.2) is 58.6 Å². The fourth-order valence-corrected chi connectivity index (χ4v) is 3.89. The molecule has 0 bridgehead atoms. The van der Waals surface area contributed by atoms with Crippen LogP contribution in [-0.2, 0) is 17.8 Å². The molecule has 1 aromatic heterocycles. The molecule has 1 amide bonds. The number of hydrogen-bond acceptors (Lipinski definition) is 6. The molecule has 0 spiro atoms. The number of para-hydroxylation sites is 1. The van der Waals surface area contributed by atoms with Crippen LogP contribution in [0, 0.1) is 6.92 Å². The first kappa shape index (κ1) is 21.2. The van der Waals surface area contributed by atoms with E-state index in [9.17, 15) is 4.79 Å². The van der Waals surface area contributed by atoms with E-state index in [1.54, 1.807) is 0 Å². The number of aryl methyl sites for hydroxylation is 2. The third-order valence-corrected chi connectivity index (χ3v) is 5.72. The molecule has 31 heavy (non-hydrogen) atoms. The van der Waals surface area contributed by atoms with Gasteiger partial charge in [-0.25, -0.2) is 0 Å². The molecule has 1 N–H and O–H groups in total. The van der Waals surface area contributed by atoms with E-state index in [0.29, 0.717) is 24.8 Å². The summed E-state index contributed by atoms with van der Waals surface area (Å²) >= 11 is 0. The molecule has 0 unspecified atom stereocenters. The molecular formula is C24H29N5O2. The van der Waals surface area contributed by atoms with E-state index >= 15 is 0 Å². The summed E-state index contributed by atoms with van der Waals surface area (Å²) in [6.45, 7) is 8.57. The maximum atomic E-state index is 12.5. The number of aromatic nitrogens is 2. The third-order valence-electron chi connectivity index (χ3n) is 5.72. The fraction of sp³-hybridized carbons (Fsp3) is 0.375. The summed E-state index contributed by atoms with van der Waals surface area (Å²) in [4.78, 5) is 21.5. The maximum absolute atomic E-state index is 12.5. The Morgan fingerprint density at radius 3 is 2.52 bits per heavy atom. The Bertz CT molecular complexity index is 1020. The van der Waals surface area contributed by atoms with Gasteiger partial charge in [0, 0.05) is 37.4 Å². The minimum Gasteiger partial charge on any atom is -0.338 e. The zero-order chi connectivity index (χ0) is 21.6. The van der Waals surface area contributed by atoms with Gasteiger partial charge < -0.3 is 9.84 Å². The van der Waals surface area contributed by atoms with Gasteiger partial charge in [0.15, 0.2) is 0 Å². The number of rotatable bonds is 7. The predicted octanol–water partition coefficient (Wildman–Crippen LogP) is 3.36. The largest absolute Gasteiger partial charge is 0.338 e. The number of amides is 1. The zero-order valence-electron chi connectivity index (χ0n) is 18.2. The van der Waals surface area contributed by atoms with Gasteiger partial charge in [0.1, 0.15) is 0 Å². The summed E-state index contributed by atoms with van der Waals surface area (Å²) in [5.41, 5.74) is 4.20. The van der Waals surface area contributed by atoms with Crippen LogP contribution in [0.15, 0.2) is 53.1 Å². The van der Waals surface area contributed by atoms with Crippen molar-refractivity contribution >= 4 is 11.6 Å². The van der Waals surface area contributed by atoms with Crippen LogP contribution in [0.25, 0.3) is 11.4 Å². The lowest BCUT2D eigenvalue weighted by atomic mass is 10.1. The number of carbonyl (C=O) groups excluding carboxylic acids is 1. The van der Waals surface area contributed by atoms with Crippen LogP contribution in [0.3, 0.4) is 0 Å². The second kappa shape index (κ2) is 9.85. The quantitative estimate of drug-likeness (QED) is 0.633. The van der Waals surface area contributed by atoms with Crippen molar-refractivity contribution in [2.45, 2.75) is 26.8 Å². The van der Waals surface area contributed by atoms with E-state index in [-0.39, 0.29) is 5.91 Å². The highest BCUT2D eigenvalue weighted by molar-refractivity contribution is 5.93. The normalized spacial score (nSPS) is 15.2. The van der Waals surface area contributed by atoms with Crippen LogP contribution in [0.2, 0.25) is 0 Å². The minimum atomic E-state index is 0.0362. The van der Waals surface area contributed by atoms with Gasteiger partial charge in [0.2, 0.25) is 17.6 Å². The highest BCUT2D eigenvalue weighted by Gasteiger charge is 2.21.